The average molecular weight is 631 g/mol. The molecule has 0 aliphatic carbocycles. The van der Waals surface area contributed by atoms with Gasteiger partial charge in [0.25, 0.3) is 0 Å². The SMILES string of the molecule is C#Cc1ccco1.COC(=O)CC#CBr.COC(=O)CC#CC#Cc1ccco1.O=C(O)CC#CC#Cc1ccco1. The van der Waals surface area contributed by atoms with Gasteiger partial charge >= 0.3 is 17.9 Å². The highest BCUT2D eigenvalue weighted by atomic mass is 79.9. The first-order valence-electron chi connectivity index (χ1n) is 11.3. The Morgan fingerprint density at radius 1 is 0.738 bits per heavy atom. The monoisotopic (exact) mass is 630 g/mol. The Morgan fingerprint density at radius 3 is 1.50 bits per heavy atom. The van der Waals surface area contributed by atoms with E-state index in [1.165, 1.54) is 26.7 Å². The Hall–Kier alpha value is -5.91. The smallest absolute Gasteiger partial charge is 0.317 e. The molecule has 9 nitrogen and oxygen atoms in total. The second-order valence-corrected chi connectivity index (χ2v) is 6.92. The Morgan fingerprint density at radius 2 is 1.17 bits per heavy atom. The fourth-order valence-corrected chi connectivity index (χ4v) is 1.96. The zero-order valence-electron chi connectivity index (χ0n) is 22.5. The summed E-state index contributed by atoms with van der Waals surface area (Å²) >= 11 is 2.84. The first-order chi connectivity index (χ1) is 20.4. The number of carboxylic acids is 1. The lowest BCUT2D eigenvalue weighted by molar-refractivity contribution is -0.140. The third kappa shape index (κ3) is 22.1. The van der Waals surface area contributed by atoms with Crippen molar-refractivity contribution in [3.63, 3.8) is 0 Å². The summed E-state index contributed by atoms with van der Waals surface area (Å²) in [5.74, 6) is 25.0. The molecule has 0 aliphatic rings. The van der Waals surface area contributed by atoms with Crippen molar-refractivity contribution in [2.75, 3.05) is 14.2 Å². The van der Waals surface area contributed by atoms with E-state index in [-0.39, 0.29) is 31.2 Å². The number of rotatable bonds is 3. The van der Waals surface area contributed by atoms with Gasteiger partial charge in [-0.25, -0.2) is 0 Å². The first-order valence-corrected chi connectivity index (χ1v) is 12.1. The second kappa shape index (κ2) is 25.4. The van der Waals surface area contributed by atoms with Crippen LogP contribution < -0.4 is 0 Å². The lowest BCUT2D eigenvalue weighted by Gasteiger charge is -1.87. The van der Waals surface area contributed by atoms with Gasteiger partial charge in [0.1, 0.15) is 19.3 Å². The molecular formula is C32H23BrO9. The molecule has 0 fully saturated rings. The van der Waals surface area contributed by atoms with E-state index in [1.54, 1.807) is 42.7 Å². The average Bonchev–Trinajstić information content (AvgIpc) is 3.81. The van der Waals surface area contributed by atoms with E-state index in [0.717, 1.165) is 0 Å². The summed E-state index contributed by atoms with van der Waals surface area (Å²) in [6.07, 6.45) is 9.57. The van der Waals surface area contributed by atoms with Crippen LogP contribution in [0.25, 0.3) is 0 Å². The van der Waals surface area contributed by atoms with Crippen molar-refractivity contribution >= 4 is 33.8 Å². The predicted octanol–water partition coefficient (Wildman–Crippen LogP) is 4.47. The zero-order chi connectivity index (χ0) is 31.3. The van der Waals surface area contributed by atoms with Crippen LogP contribution >= 0.6 is 15.9 Å². The summed E-state index contributed by atoms with van der Waals surface area (Å²) in [7, 11) is 2.65. The van der Waals surface area contributed by atoms with Crippen LogP contribution in [0.3, 0.4) is 0 Å². The first kappa shape index (κ1) is 36.1. The van der Waals surface area contributed by atoms with Crippen LogP contribution in [0.5, 0.6) is 0 Å². The van der Waals surface area contributed by atoms with Crippen LogP contribution in [0.4, 0.5) is 0 Å². The van der Waals surface area contributed by atoms with Gasteiger partial charge < -0.3 is 27.8 Å². The van der Waals surface area contributed by atoms with Gasteiger partial charge in [-0.05, 0) is 82.7 Å². The summed E-state index contributed by atoms with van der Waals surface area (Å²) in [5, 5.41) is 8.23. The third-order valence-electron chi connectivity index (χ3n) is 3.61. The lowest BCUT2D eigenvalue weighted by Crippen LogP contribution is -1.96. The number of halogens is 1. The molecule has 0 radical (unpaired) electrons. The zero-order valence-corrected chi connectivity index (χ0v) is 24.1. The summed E-state index contributed by atoms with van der Waals surface area (Å²) in [5.41, 5.74) is 0. The number of terminal acetylenes is 1. The maximum atomic E-state index is 10.6. The molecule has 1 N–H and O–H groups in total. The molecular weight excluding hydrogens is 608 g/mol. The van der Waals surface area contributed by atoms with Gasteiger partial charge in [0.15, 0.2) is 17.3 Å². The van der Waals surface area contributed by atoms with E-state index in [4.69, 9.17) is 24.8 Å². The molecule has 0 saturated carbocycles. The van der Waals surface area contributed by atoms with Crippen molar-refractivity contribution in [2.24, 2.45) is 0 Å². The number of esters is 2. The minimum atomic E-state index is -0.952. The van der Waals surface area contributed by atoms with Crippen LogP contribution in [0.1, 0.15) is 36.5 Å². The summed E-state index contributed by atoms with van der Waals surface area (Å²) in [6, 6.07) is 10.4. The minimum Gasteiger partial charge on any atom is -0.481 e. The quantitative estimate of drug-likeness (QED) is 0.329. The Balaban J connectivity index is 0.000000555. The second-order valence-electron chi connectivity index (χ2n) is 6.53. The van der Waals surface area contributed by atoms with Crippen molar-refractivity contribution in [1.82, 2.24) is 0 Å². The van der Waals surface area contributed by atoms with E-state index < -0.39 is 5.97 Å². The molecule has 0 aliphatic heterocycles. The van der Waals surface area contributed by atoms with Crippen molar-refractivity contribution < 1.29 is 42.2 Å². The highest BCUT2D eigenvalue weighted by Gasteiger charge is 1.93. The normalized spacial score (nSPS) is 7.57. The molecule has 0 saturated heterocycles. The van der Waals surface area contributed by atoms with E-state index >= 15 is 0 Å². The standard InChI is InChI=1S/C11H8O3.C10H6O3.C6H4O.C5H5BrO2/c1-13-11(12)8-4-2-3-6-10-7-5-9-14-10;11-10(12)7-3-1-2-5-9-6-4-8-13-9;1-2-6-4-3-5-7-6;1-8-5(7)3-2-4-6/h5,7,9H,8H2,1H3;4,6,8H,7H2,(H,11,12);1,3-5H;3H2,1H3. The van der Waals surface area contributed by atoms with E-state index in [9.17, 15) is 14.4 Å². The number of ether oxygens (including phenoxy) is 2. The van der Waals surface area contributed by atoms with Gasteiger partial charge in [-0.1, -0.05) is 17.8 Å². The maximum absolute atomic E-state index is 10.6. The molecule has 212 valence electrons. The number of furan rings is 3. The summed E-state index contributed by atoms with van der Waals surface area (Å²) in [4.78, 5) is 33.3. The number of carboxylic acid groups (broad SMARTS) is 1. The van der Waals surface area contributed by atoms with Crippen molar-refractivity contribution in [1.29, 1.82) is 0 Å². The Bertz CT molecular complexity index is 1570. The maximum Gasteiger partial charge on any atom is 0.317 e. The predicted molar refractivity (Wildman–Crippen MR) is 156 cm³/mol. The lowest BCUT2D eigenvalue weighted by atomic mass is 10.4. The summed E-state index contributed by atoms with van der Waals surface area (Å²) in [6.45, 7) is 0. The van der Waals surface area contributed by atoms with Crippen molar-refractivity contribution in [3.05, 3.63) is 72.5 Å². The molecule has 42 heavy (non-hydrogen) atoms. The van der Waals surface area contributed by atoms with E-state index in [0.29, 0.717) is 17.3 Å². The number of methoxy groups -OCH3 is 2. The number of hydrogen-bond donors (Lipinski definition) is 1. The number of carbonyl (C=O) groups is 3. The number of hydrogen-bond acceptors (Lipinski definition) is 8. The van der Waals surface area contributed by atoms with Gasteiger partial charge in [0.2, 0.25) is 0 Å². The topological polar surface area (TPSA) is 129 Å². The highest BCUT2D eigenvalue weighted by Crippen LogP contribution is 1.96. The highest BCUT2D eigenvalue weighted by molar-refractivity contribution is 9.12. The van der Waals surface area contributed by atoms with Crippen LogP contribution in [0.2, 0.25) is 0 Å². The molecule has 0 spiro atoms. The van der Waals surface area contributed by atoms with Crippen LogP contribution in [0.15, 0.2) is 68.4 Å². The van der Waals surface area contributed by atoms with Gasteiger partial charge in [-0.3, -0.25) is 14.4 Å². The van der Waals surface area contributed by atoms with Gasteiger partial charge in [-0.2, -0.15) is 0 Å². The van der Waals surface area contributed by atoms with Crippen molar-refractivity contribution in [2.45, 2.75) is 19.3 Å². The molecule has 0 amide bonds. The largest absolute Gasteiger partial charge is 0.481 e. The van der Waals surface area contributed by atoms with E-state index in [1.807, 2.05) is 0 Å². The molecule has 3 heterocycles. The van der Waals surface area contributed by atoms with Gasteiger partial charge in [-0.15, -0.1) is 6.42 Å². The molecule has 0 aromatic carbocycles. The molecule has 10 heteroatoms. The Kier molecular flexibility index (Phi) is 21.8. The molecule has 0 bridgehead atoms. The fourth-order valence-electron chi connectivity index (χ4n) is 1.82. The van der Waals surface area contributed by atoms with Crippen LogP contribution in [-0.4, -0.2) is 37.2 Å². The molecule has 3 aromatic rings. The fraction of sp³-hybridized carbons (Fsp3) is 0.156. The summed E-state index contributed by atoms with van der Waals surface area (Å²) < 4.78 is 23.3. The van der Waals surface area contributed by atoms with Gasteiger partial charge in [0.05, 0.1) is 33.0 Å². The number of carbonyl (C=O) groups excluding carboxylic acids is 2. The number of aliphatic carboxylic acids is 1. The van der Waals surface area contributed by atoms with Crippen molar-refractivity contribution in [3.8, 4) is 70.5 Å². The van der Waals surface area contributed by atoms with Gasteiger partial charge in [0, 0.05) is 15.9 Å². The Labute approximate surface area is 252 Å². The molecule has 0 unspecified atom stereocenters. The minimum absolute atomic E-state index is 0.0589. The third-order valence-corrected chi connectivity index (χ3v) is 3.89. The van der Waals surface area contributed by atoms with Crippen LogP contribution in [-0.2, 0) is 23.9 Å². The van der Waals surface area contributed by atoms with E-state index in [2.05, 4.69) is 89.4 Å². The molecule has 3 rings (SSSR count). The van der Waals surface area contributed by atoms with Crippen LogP contribution in [0, 0.1) is 70.5 Å². The molecule has 3 aromatic heterocycles. The molecule has 0 atom stereocenters.